The standard InChI is InChI=1S/C25H20N4O3/c30-23(26-16-9-10-21-22(15-16)32-14-13-31-21)11-12-29-20-8-4-1-5-17(20)24-25(29)28-19-7-3-2-6-18(19)27-24/h1-10,15H,11-14H2,(H,26,30). The number of aromatic nitrogens is 3. The summed E-state index contributed by atoms with van der Waals surface area (Å²) in [6, 6.07) is 21.4. The Morgan fingerprint density at radius 1 is 0.906 bits per heavy atom. The highest BCUT2D eigenvalue weighted by atomic mass is 16.6. The Hall–Kier alpha value is -4.13. The van der Waals surface area contributed by atoms with Crippen molar-refractivity contribution in [2.45, 2.75) is 13.0 Å². The minimum atomic E-state index is -0.0821. The van der Waals surface area contributed by atoms with Crippen LogP contribution in [0.4, 0.5) is 5.69 Å². The minimum Gasteiger partial charge on any atom is -0.486 e. The van der Waals surface area contributed by atoms with Gasteiger partial charge in [-0.2, -0.15) is 0 Å². The molecular weight excluding hydrogens is 404 g/mol. The summed E-state index contributed by atoms with van der Waals surface area (Å²) < 4.78 is 13.2. The zero-order valence-corrected chi connectivity index (χ0v) is 17.2. The summed E-state index contributed by atoms with van der Waals surface area (Å²) in [6.45, 7) is 1.54. The first-order valence-electron chi connectivity index (χ1n) is 10.6. The molecule has 2 aromatic heterocycles. The number of amides is 1. The number of carbonyl (C=O) groups excluding carboxylic acids is 1. The van der Waals surface area contributed by atoms with Crippen molar-refractivity contribution in [2.75, 3.05) is 18.5 Å². The second-order valence-corrected chi connectivity index (χ2v) is 7.71. The van der Waals surface area contributed by atoms with E-state index in [2.05, 4.69) is 9.88 Å². The lowest BCUT2D eigenvalue weighted by Gasteiger charge is -2.19. The first kappa shape index (κ1) is 18.6. The number of rotatable bonds is 4. The highest BCUT2D eigenvalue weighted by molar-refractivity contribution is 6.06. The van der Waals surface area contributed by atoms with Gasteiger partial charge in [0.2, 0.25) is 5.91 Å². The lowest BCUT2D eigenvalue weighted by molar-refractivity contribution is -0.116. The molecule has 0 spiro atoms. The van der Waals surface area contributed by atoms with Gasteiger partial charge in [-0.25, -0.2) is 9.97 Å². The molecule has 0 saturated heterocycles. The molecule has 0 aliphatic carbocycles. The quantitative estimate of drug-likeness (QED) is 0.458. The molecule has 1 N–H and O–H groups in total. The number of hydrogen-bond acceptors (Lipinski definition) is 5. The number of ether oxygens (including phenoxy) is 2. The van der Waals surface area contributed by atoms with E-state index in [-0.39, 0.29) is 5.91 Å². The fourth-order valence-electron chi connectivity index (χ4n) is 4.17. The Balaban J connectivity index is 1.30. The summed E-state index contributed by atoms with van der Waals surface area (Å²) in [5, 5.41) is 3.99. The Bertz CT molecular complexity index is 1490. The lowest BCUT2D eigenvalue weighted by atomic mass is 10.2. The molecule has 6 rings (SSSR count). The van der Waals surface area contributed by atoms with Crippen LogP contribution in [0.15, 0.2) is 66.7 Å². The van der Waals surface area contributed by atoms with Crippen molar-refractivity contribution in [1.29, 1.82) is 0 Å². The van der Waals surface area contributed by atoms with E-state index in [0.29, 0.717) is 43.4 Å². The normalized spacial score (nSPS) is 13.0. The van der Waals surface area contributed by atoms with Crippen LogP contribution in [-0.2, 0) is 11.3 Å². The van der Waals surface area contributed by atoms with Crippen molar-refractivity contribution in [2.24, 2.45) is 0 Å². The van der Waals surface area contributed by atoms with Gasteiger partial charge in [-0.3, -0.25) is 4.79 Å². The third-order valence-electron chi connectivity index (χ3n) is 5.65. The third kappa shape index (κ3) is 3.19. The Labute approximate surface area is 183 Å². The molecule has 0 radical (unpaired) electrons. The molecule has 0 bridgehead atoms. The number of benzene rings is 3. The predicted octanol–water partition coefficient (Wildman–Crippen LogP) is 4.54. The van der Waals surface area contributed by atoms with Gasteiger partial charge >= 0.3 is 0 Å². The maximum absolute atomic E-state index is 12.7. The van der Waals surface area contributed by atoms with Crippen molar-refractivity contribution >= 4 is 44.7 Å². The van der Waals surface area contributed by atoms with E-state index in [1.165, 1.54) is 0 Å². The number of nitrogens with zero attached hydrogens (tertiary/aromatic N) is 3. The molecule has 3 aromatic carbocycles. The highest BCUT2D eigenvalue weighted by Gasteiger charge is 2.16. The van der Waals surface area contributed by atoms with Crippen LogP contribution in [0, 0.1) is 0 Å². The summed E-state index contributed by atoms with van der Waals surface area (Å²) in [6.07, 6.45) is 0.302. The van der Waals surface area contributed by atoms with Gasteiger partial charge < -0.3 is 19.4 Å². The van der Waals surface area contributed by atoms with Crippen LogP contribution in [0.25, 0.3) is 33.1 Å². The Morgan fingerprint density at radius 2 is 1.66 bits per heavy atom. The van der Waals surface area contributed by atoms with Gasteiger partial charge in [0.25, 0.3) is 0 Å². The zero-order valence-electron chi connectivity index (χ0n) is 17.2. The lowest BCUT2D eigenvalue weighted by Crippen LogP contribution is -2.17. The molecule has 5 aromatic rings. The maximum Gasteiger partial charge on any atom is 0.226 e. The average molecular weight is 424 g/mol. The Kier molecular flexibility index (Phi) is 4.38. The molecule has 1 aliphatic heterocycles. The van der Waals surface area contributed by atoms with Crippen LogP contribution in [0.3, 0.4) is 0 Å². The topological polar surface area (TPSA) is 78.3 Å². The predicted molar refractivity (Wildman–Crippen MR) is 123 cm³/mol. The van der Waals surface area contributed by atoms with Crippen LogP contribution in [0.1, 0.15) is 6.42 Å². The molecule has 0 fully saturated rings. The van der Waals surface area contributed by atoms with Gasteiger partial charge in [0.05, 0.1) is 16.6 Å². The van der Waals surface area contributed by atoms with Gasteiger partial charge in [-0.05, 0) is 30.3 Å². The fourth-order valence-corrected chi connectivity index (χ4v) is 4.17. The first-order chi connectivity index (χ1) is 15.8. The number of anilines is 1. The van der Waals surface area contributed by atoms with Gasteiger partial charge in [0, 0.05) is 30.1 Å². The zero-order chi connectivity index (χ0) is 21.5. The van der Waals surface area contributed by atoms with Gasteiger partial charge in [0.15, 0.2) is 17.1 Å². The summed E-state index contributed by atoms with van der Waals surface area (Å²) in [5.41, 5.74) is 5.05. The molecular formula is C25H20N4O3. The van der Waals surface area contributed by atoms with E-state index < -0.39 is 0 Å². The van der Waals surface area contributed by atoms with Crippen LogP contribution in [0.2, 0.25) is 0 Å². The van der Waals surface area contributed by atoms with Crippen molar-refractivity contribution in [3.05, 3.63) is 66.7 Å². The molecule has 1 amide bonds. The molecule has 1 aliphatic rings. The summed E-state index contributed by atoms with van der Waals surface area (Å²) in [4.78, 5) is 22.4. The van der Waals surface area contributed by atoms with Crippen molar-refractivity contribution in [3.8, 4) is 11.5 Å². The number of aryl methyl sites for hydroxylation is 1. The molecule has 158 valence electrons. The first-order valence-corrected chi connectivity index (χ1v) is 10.6. The van der Waals surface area contributed by atoms with E-state index in [1.54, 1.807) is 6.07 Å². The average Bonchev–Trinajstić information content (AvgIpc) is 3.14. The summed E-state index contributed by atoms with van der Waals surface area (Å²) >= 11 is 0. The molecule has 0 saturated carbocycles. The summed E-state index contributed by atoms with van der Waals surface area (Å²) in [5.74, 6) is 1.27. The number of carbonyl (C=O) groups is 1. The van der Waals surface area contributed by atoms with E-state index in [0.717, 1.165) is 33.1 Å². The molecule has 32 heavy (non-hydrogen) atoms. The minimum absolute atomic E-state index is 0.0821. The van der Waals surface area contributed by atoms with Gasteiger partial charge in [0.1, 0.15) is 18.7 Å². The van der Waals surface area contributed by atoms with Crippen LogP contribution in [0.5, 0.6) is 11.5 Å². The second kappa shape index (κ2) is 7.53. The maximum atomic E-state index is 12.7. The SMILES string of the molecule is O=C(CCn1c2ccccc2c2nc3ccccc3nc21)Nc1ccc2c(c1)OCCO2. The number of para-hydroxylation sites is 3. The monoisotopic (exact) mass is 424 g/mol. The van der Waals surface area contributed by atoms with Crippen LogP contribution >= 0.6 is 0 Å². The van der Waals surface area contributed by atoms with Crippen molar-refractivity contribution in [1.82, 2.24) is 14.5 Å². The smallest absolute Gasteiger partial charge is 0.226 e. The van der Waals surface area contributed by atoms with E-state index >= 15 is 0 Å². The van der Waals surface area contributed by atoms with Crippen LogP contribution in [-0.4, -0.2) is 33.7 Å². The molecule has 0 unspecified atom stereocenters. The fraction of sp³-hybridized carbons (Fsp3) is 0.160. The highest BCUT2D eigenvalue weighted by Crippen LogP contribution is 2.33. The van der Waals surface area contributed by atoms with Gasteiger partial charge in [-0.15, -0.1) is 0 Å². The van der Waals surface area contributed by atoms with Crippen molar-refractivity contribution < 1.29 is 14.3 Å². The van der Waals surface area contributed by atoms with E-state index in [4.69, 9.17) is 19.4 Å². The third-order valence-corrected chi connectivity index (χ3v) is 5.65. The number of hydrogen-bond donors (Lipinski definition) is 1. The molecule has 3 heterocycles. The van der Waals surface area contributed by atoms with Gasteiger partial charge in [-0.1, -0.05) is 30.3 Å². The second-order valence-electron chi connectivity index (χ2n) is 7.71. The molecule has 0 atom stereocenters. The number of nitrogens with one attached hydrogen (secondary N) is 1. The number of fused-ring (bicyclic) bond motifs is 5. The molecule has 7 nitrogen and oxygen atoms in total. The van der Waals surface area contributed by atoms with E-state index in [9.17, 15) is 4.79 Å². The van der Waals surface area contributed by atoms with E-state index in [1.807, 2.05) is 60.7 Å². The molecule has 7 heteroatoms. The Morgan fingerprint density at radius 3 is 2.53 bits per heavy atom. The summed E-state index contributed by atoms with van der Waals surface area (Å²) in [7, 11) is 0. The van der Waals surface area contributed by atoms with Crippen molar-refractivity contribution in [3.63, 3.8) is 0 Å². The largest absolute Gasteiger partial charge is 0.486 e. The van der Waals surface area contributed by atoms with Crippen LogP contribution < -0.4 is 14.8 Å².